The molecule has 2 aromatic heterocycles. The number of fused-ring (bicyclic) bond motifs is 1. The molecule has 0 fully saturated rings. The molecule has 1 unspecified atom stereocenters. The van der Waals surface area contributed by atoms with E-state index in [9.17, 15) is 9.90 Å². The number of carbonyl (C=O) groups is 1. The molecule has 18 heavy (non-hydrogen) atoms. The molecule has 0 saturated carbocycles. The first-order valence-electron chi connectivity index (χ1n) is 6.03. The molecule has 4 nitrogen and oxygen atoms in total. The van der Waals surface area contributed by atoms with Crippen LogP contribution in [0.5, 0.6) is 0 Å². The molecule has 0 amide bonds. The number of carboxylic acids is 1. The third kappa shape index (κ3) is 1.75. The first kappa shape index (κ1) is 11.5. The predicted octanol–water partition coefficient (Wildman–Crippen LogP) is 2.89. The van der Waals surface area contributed by atoms with Crippen molar-refractivity contribution in [1.82, 2.24) is 9.55 Å². The monoisotopic (exact) mass is 262 g/mol. The van der Waals surface area contributed by atoms with Crippen molar-refractivity contribution in [3.8, 4) is 10.7 Å². The molecule has 0 aliphatic carbocycles. The number of hydrogen-bond donors (Lipinski definition) is 1. The Morgan fingerprint density at radius 3 is 3.11 bits per heavy atom. The summed E-state index contributed by atoms with van der Waals surface area (Å²) in [5.74, 6) is 0.420. The SMILES string of the molecule is CC1CCn2c(-c3cccs3)nc(C(=O)O)c2C1. The highest BCUT2D eigenvalue weighted by atomic mass is 32.1. The van der Waals surface area contributed by atoms with E-state index in [1.807, 2.05) is 17.5 Å². The molecule has 0 saturated heterocycles. The lowest BCUT2D eigenvalue weighted by molar-refractivity contribution is 0.0689. The molecular weight excluding hydrogens is 248 g/mol. The molecular formula is C13H14N2O2S. The van der Waals surface area contributed by atoms with Gasteiger partial charge in [0.15, 0.2) is 11.5 Å². The fourth-order valence-electron chi connectivity index (χ4n) is 2.48. The zero-order valence-electron chi connectivity index (χ0n) is 10.1. The van der Waals surface area contributed by atoms with Crippen LogP contribution in [0.2, 0.25) is 0 Å². The summed E-state index contributed by atoms with van der Waals surface area (Å²) in [5, 5.41) is 11.3. The van der Waals surface area contributed by atoms with Crippen LogP contribution in [0.1, 0.15) is 29.5 Å². The Kier molecular flexibility index (Phi) is 2.70. The Morgan fingerprint density at radius 2 is 2.44 bits per heavy atom. The van der Waals surface area contributed by atoms with Crippen molar-refractivity contribution in [1.29, 1.82) is 0 Å². The molecule has 2 aromatic rings. The van der Waals surface area contributed by atoms with Crippen LogP contribution in [0.15, 0.2) is 17.5 Å². The van der Waals surface area contributed by atoms with E-state index < -0.39 is 5.97 Å². The van der Waals surface area contributed by atoms with E-state index in [2.05, 4.69) is 16.5 Å². The molecule has 0 aromatic carbocycles. The van der Waals surface area contributed by atoms with Gasteiger partial charge in [0.1, 0.15) is 0 Å². The zero-order chi connectivity index (χ0) is 12.7. The standard InChI is InChI=1S/C13H14N2O2S/c1-8-4-5-15-9(7-8)11(13(16)17)14-12(15)10-3-2-6-18-10/h2-3,6,8H,4-5,7H2,1H3,(H,16,17). The normalized spacial score (nSPS) is 18.6. The minimum atomic E-state index is -0.921. The van der Waals surface area contributed by atoms with Gasteiger partial charge < -0.3 is 9.67 Å². The first-order chi connectivity index (χ1) is 8.66. The highest BCUT2D eigenvalue weighted by Gasteiger charge is 2.27. The van der Waals surface area contributed by atoms with Crippen LogP contribution in [0.3, 0.4) is 0 Å². The minimum absolute atomic E-state index is 0.227. The molecule has 0 bridgehead atoms. The fourth-order valence-corrected chi connectivity index (χ4v) is 3.20. The number of imidazole rings is 1. The summed E-state index contributed by atoms with van der Waals surface area (Å²) in [7, 11) is 0. The Bertz CT molecular complexity index is 586. The molecule has 1 aliphatic rings. The number of aromatic nitrogens is 2. The summed E-state index contributed by atoms with van der Waals surface area (Å²) in [6.07, 6.45) is 1.89. The topological polar surface area (TPSA) is 55.1 Å². The summed E-state index contributed by atoms with van der Waals surface area (Å²) < 4.78 is 2.08. The summed E-state index contributed by atoms with van der Waals surface area (Å²) in [5.41, 5.74) is 1.11. The molecule has 1 aliphatic heterocycles. The third-order valence-corrected chi connectivity index (χ3v) is 4.27. The van der Waals surface area contributed by atoms with Crippen LogP contribution in [0.25, 0.3) is 10.7 Å². The maximum Gasteiger partial charge on any atom is 0.356 e. The molecule has 94 valence electrons. The van der Waals surface area contributed by atoms with E-state index in [-0.39, 0.29) is 5.69 Å². The number of nitrogens with zero attached hydrogens (tertiary/aromatic N) is 2. The van der Waals surface area contributed by atoms with E-state index >= 15 is 0 Å². The van der Waals surface area contributed by atoms with Crippen LogP contribution in [0, 0.1) is 5.92 Å². The van der Waals surface area contributed by atoms with Crippen molar-refractivity contribution in [3.63, 3.8) is 0 Å². The van der Waals surface area contributed by atoms with E-state index in [4.69, 9.17) is 0 Å². The van der Waals surface area contributed by atoms with E-state index in [1.54, 1.807) is 11.3 Å². The number of carboxylic acid groups (broad SMARTS) is 1. The quantitative estimate of drug-likeness (QED) is 0.905. The maximum atomic E-state index is 11.3. The molecule has 1 atom stereocenters. The fraction of sp³-hybridized carbons (Fsp3) is 0.385. The van der Waals surface area contributed by atoms with E-state index in [0.717, 1.165) is 35.8 Å². The van der Waals surface area contributed by atoms with Gasteiger partial charge in [-0.3, -0.25) is 0 Å². The number of hydrogen-bond acceptors (Lipinski definition) is 3. The Labute approximate surface area is 109 Å². The lowest BCUT2D eigenvalue weighted by Gasteiger charge is -2.21. The smallest absolute Gasteiger partial charge is 0.356 e. The molecule has 1 N–H and O–H groups in total. The highest BCUT2D eigenvalue weighted by molar-refractivity contribution is 7.13. The van der Waals surface area contributed by atoms with Gasteiger partial charge in [-0.05, 0) is 30.2 Å². The Morgan fingerprint density at radius 1 is 1.61 bits per heavy atom. The third-order valence-electron chi connectivity index (χ3n) is 3.40. The lowest BCUT2D eigenvalue weighted by Crippen LogP contribution is -2.19. The van der Waals surface area contributed by atoms with Crippen molar-refractivity contribution in [2.75, 3.05) is 0 Å². The van der Waals surface area contributed by atoms with Crippen LogP contribution < -0.4 is 0 Å². The Balaban J connectivity index is 2.17. The second-order valence-corrected chi connectivity index (χ2v) is 5.71. The average Bonchev–Trinajstić information content (AvgIpc) is 2.93. The largest absolute Gasteiger partial charge is 0.476 e. The molecule has 0 radical (unpaired) electrons. The van der Waals surface area contributed by atoms with Crippen molar-refractivity contribution < 1.29 is 9.90 Å². The molecule has 5 heteroatoms. The van der Waals surface area contributed by atoms with Gasteiger partial charge in [-0.2, -0.15) is 0 Å². The van der Waals surface area contributed by atoms with Crippen LogP contribution in [0.4, 0.5) is 0 Å². The van der Waals surface area contributed by atoms with Crippen LogP contribution in [-0.4, -0.2) is 20.6 Å². The second kappa shape index (κ2) is 4.24. The molecule has 3 rings (SSSR count). The van der Waals surface area contributed by atoms with Crippen LogP contribution in [-0.2, 0) is 13.0 Å². The zero-order valence-corrected chi connectivity index (χ0v) is 10.9. The van der Waals surface area contributed by atoms with Crippen molar-refractivity contribution >= 4 is 17.3 Å². The predicted molar refractivity (Wildman–Crippen MR) is 70.0 cm³/mol. The van der Waals surface area contributed by atoms with Gasteiger partial charge in [-0.1, -0.05) is 13.0 Å². The maximum absolute atomic E-state index is 11.3. The molecule has 3 heterocycles. The summed E-state index contributed by atoms with van der Waals surface area (Å²) in [6.45, 7) is 3.02. The van der Waals surface area contributed by atoms with Crippen molar-refractivity contribution in [2.24, 2.45) is 5.92 Å². The average molecular weight is 262 g/mol. The van der Waals surface area contributed by atoms with E-state index in [0.29, 0.717) is 5.92 Å². The van der Waals surface area contributed by atoms with Gasteiger partial charge in [0, 0.05) is 6.54 Å². The molecule has 0 spiro atoms. The Hall–Kier alpha value is -1.62. The number of aromatic carboxylic acids is 1. The van der Waals surface area contributed by atoms with E-state index in [1.165, 1.54) is 0 Å². The highest BCUT2D eigenvalue weighted by Crippen LogP contribution is 2.31. The summed E-state index contributed by atoms with van der Waals surface area (Å²) in [6, 6.07) is 3.96. The van der Waals surface area contributed by atoms with Crippen LogP contribution >= 0.6 is 11.3 Å². The van der Waals surface area contributed by atoms with Gasteiger partial charge in [-0.25, -0.2) is 9.78 Å². The first-order valence-corrected chi connectivity index (χ1v) is 6.91. The van der Waals surface area contributed by atoms with Gasteiger partial charge in [-0.15, -0.1) is 11.3 Å². The summed E-state index contributed by atoms with van der Waals surface area (Å²) >= 11 is 1.60. The van der Waals surface area contributed by atoms with Gasteiger partial charge in [0.2, 0.25) is 0 Å². The van der Waals surface area contributed by atoms with Crippen molar-refractivity contribution in [3.05, 3.63) is 28.9 Å². The second-order valence-electron chi connectivity index (χ2n) is 4.76. The van der Waals surface area contributed by atoms with Gasteiger partial charge >= 0.3 is 5.97 Å². The minimum Gasteiger partial charge on any atom is -0.476 e. The number of rotatable bonds is 2. The van der Waals surface area contributed by atoms with Crippen molar-refractivity contribution in [2.45, 2.75) is 26.3 Å². The summed E-state index contributed by atoms with van der Waals surface area (Å²) in [4.78, 5) is 16.7. The lowest BCUT2D eigenvalue weighted by atomic mass is 9.97. The van der Waals surface area contributed by atoms with Gasteiger partial charge in [0.05, 0.1) is 10.6 Å². The van der Waals surface area contributed by atoms with Gasteiger partial charge in [0.25, 0.3) is 0 Å². The number of thiophene rings is 1.